The Balaban J connectivity index is 2.16. The van der Waals surface area contributed by atoms with Gasteiger partial charge >= 0.3 is 11.9 Å². The summed E-state index contributed by atoms with van der Waals surface area (Å²) < 4.78 is 1.67. The lowest BCUT2D eigenvalue weighted by atomic mass is 10.1. The number of aromatic carboxylic acids is 2. The summed E-state index contributed by atoms with van der Waals surface area (Å²) in [6, 6.07) is 5.54. The summed E-state index contributed by atoms with van der Waals surface area (Å²) in [4.78, 5) is 50.5. The number of likely N-dealkylation sites (N-methyl/N-ethyl adjacent to an activating group) is 2. The molecular weight excluding hydrogens is 422 g/mol. The fourth-order valence-corrected chi connectivity index (χ4v) is 3.61. The Hall–Kier alpha value is -3.79. The van der Waals surface area contributed by atoms with Crippen molar-refractivity contribution < 1.29 is 29.4 Å². The van der Waals surface area contributed by atoms with Gasteiger partial charge in [-0.2, -0.15) is 0 Å². The molecule has 0 atom stereocenters. The highest BCUT2D eigenvalue weighted by molar-refractivity contribution is 7.80. The van der Waals surface area contributed by atoms with Gasteiger partial charge in [0.15, 0.2) is 5.11 Å². The summed E-state index contributed by atoms with van der Waals surface area (Å²) in [6.07, 6.45) is 1.46. The van der Waals surface area contributed by atoms with Gasteiger partial charge in [0.05, 0.1) is 11.1 Å². The van der Waals surface area contributed by atoms with E-state index in [1.807, 2.05) is 0 Å². The standard InChI is InChI=1S/C21H19N3O6S/c1-10-5-12(9-16-17(25)22(3)21(31)23(4)18(16)26)11(2)24(10)15-7-13(19(27)28)6-14(8-15)20(29)30/h5-9H,1-4H3,(H,27,28)(H,29,30). The number of rotatable bonds is 4. The van der Waals surface area contributed by atoms with Crippen LogP contribution in [0.15, 0.2) is 29.8 Å². The molecular formula is C21H19N3O6S. The molecule has 0 saturated carbocycles. The van der Waals surface area contributed by atoms with Gasteiger partial charge in [0.2, 0.25) is 0 Å². The van der Waals surface area contributed by atoms with Gasteiger partial charge in [0.25, 0.3) is 11.8 Å². The van der Waals surface area contributed by atoms with E-state index in [2.05, 4.69) is 0 Å². The number of hydrogen-bond donors (Lipinski definition) is 2. The third-order valence-electron chi connectivity index (χ3n) is 5.08. The van der Waals surface area contributed by atoms with Gasteiger partial charge in [-0.3, -0.25) is 19.4 Å². The first kappa shape index (κ1) is 21.9. The molecule has 160 valence electrons. The fourth-order valence-electron chi connectivity index (χ4n) is 3.45. The zero-order valence-electron chi connectivity index (χ0n) is 17.2. The Morgan fingerprint density at radius 3 is 1.84 bits per heavy atom. The second-order valence-electron chi connectivity index (χ2n) is 7.11. The lowest BCUT2D eigenvalue weighted by Crippen LogP contribution is -2.52. The van der Waals surface area contributed by atoms with Crippen molar-refractivity contribution in [3.8, 4) is 5.69 Å². The molecule has 0 unspecified atom stereocenters. The van der Waals surface area contributed by atoms with E-state index in [0.717, 1.165) is 6.07 Å². The van der Waals surface area contributed by atoms with Gasteiger partial charge in [-0.25, -0.2) is 9.59 Å². The molecule has 2 N–H and O–H groups in total. The summed E-state index contributed by atoms with van der Waals surface area (Å²) in [7, 11) is 2.96. The number of thiocarbonyl (C=S) groups is 1. The minimum absolute atomic E-state index is 0.0654. The second kappa shape index (κ2) is 7.80. The molecule has 3 rings (SSSR count). The molecule has 1 aromatic heterocycles. The Labute approximate surface area is 182 Å². The van der Waals surface area contributed by atoms with Crippen molar-refractivity contribution in [2.24, 2.45) is 0 Å². The molecule has 0 spiro atoms. The molecule has 0 bridgehead atoms. The molecule has 2 aromatic rings. The molecule has 1 aliphatic heterocycles. The van der Waals surface area contributed by atoms with Gasteiger partial charge < -0.3 is 14.8 Å². The van der Waals surface area contributed by atoms with E-state index in [-0.39, 0.29) is 21.8 Å². The number of hydrogen-bond acceptors (Lipinski definition) is 5. The van der Waals surface area contributed by atoms with Gasteiger partial charge in [-0.15, -0.1) is 0 Å². The zero-order chi connectivity index (χ0) is 23.2. The van der Waals surface area contributed by atoms with Crippen LogP contribution < -0.4 is 0 Å². The molecule has 2 heterocycles. The molecule has 0 radical (unpaired) electrons. The Morgan fingerprint density at radius 1 is 0.903 bits per heavy atom. The van der Waals surface area contributed by atoms with E-state index in [0.29, 0.717) is 22.6 Å². The van der Waals surface area contributed by atoms with Crippen molar-refractivity contribution in [2.75, 3.05) is 14.1 Å². The van der Waals surface area contributed by atoms with E-state index in [9.17, 15) is 29.4 Å². The number of carbonyl (C=O) groups excluding carboxylic acids is 2. The van der Waals surface area contributed by atoms with Crippen molar-refractivity contribution >= 4 is 47.2 Å². The molecule has 9 nitrogen and oxygen atoms in total. The van der Waals surface area contributed by atoms with Gasteiger partial charge in [-0.1, -0.05) is 0 Å². The smallest absolute Gasteiger partial charge is 0.335 e. The average Bonchev–Trinajstić information content (AvgIpc) is 3.00. The van der Waals surface area contributed by atoms with E-state index in [4.69, 9.17) is 12.2 Å². The van der Waals surface area contributed by atoms with Crippen LogP contribution >= 0.6 is 12.2 Å². The second-order valence-corrected chi connectivity index (χ2v) is 7.47. The van der Waals surface area contributed by atoms with Crippen LogP contribution in [0.5, 0.6) is 0 Å². The SMILES string of the molecule is Cc1cc(C=C2C(=O)N(C)C(=S)N(C)C2=O)c(C)n1-c1cc(C(=O)O)cc(C(=O)O)c1. The first-order chi connectivity index (χ1) is 14.4. The summed E-state index contributed by atoms with van der Waals surface area (Å²) in [5.74, 6) is -3.57. The molecule has 1 saturated heterocycles. The first-order valence-electron chi connectivity index (χ1n) is 9.06. The number of aryl methyl sites for hydroxylation is 1. The minimum Gasteiger partial charge on any atom is -0.478 e. The highest BCUT2D eigenvalue weighted by Gasteiger charge is 2.35. The molecule has 1 aliphatic rings. The minimum atomic E-state index is -1.26. The van der Waals surface area contributed by atoms with Gasteiger partial charge in [0.1, 0.15) is 5.57 Å². The van der Waals surface area contributed by atoms with Gasteiger partial charge in [0, 0.05) is 31.2 Å². The van der Waals surface area contributed by atoms with E-state index < -0.39 is 23.8 Å². The first-order valence-corrected chi connectivity index (χ1v) is 9.47. The van der Waals surface area contributed by atoms with Crippen molar-refractivity contribution in [2.45, 2.75) is 13.8 Å². The normalized spacial score (nSPS) is 14.3. The molecule has 10 heteroatoms. The van der Waals surface area contributed by atoms with Crippen molar-refractivity contribution in [3.63, 3.8) is 0 Å². The molecule has 1 fully saturated rings. The predicted octanol–water partition coefficient (Wildman–Crippen LogP) is 2.09. The van der Waals surface area contributed by atoms with Gasteiger partial charge in [-0.05, 0) is 62.0 Å². The highest BCUT2D eigenvalue weighted by Crippen LogP contribution is 2.26. The van der Waals surface area contributed by atoms with Crippen LogP contribution in [0.1, 0.15) is 37.7 Å². The molecule has 0 aliphatic carbocycles. The van der Waals surface area contributed by atoms with E-state index >= 15 is 0 Å². The highest BCUT2D eigenvalue weighted by atomic mass is 32.1. The number of carboxylic acids is 2. The third-order valence-corrected chi connectivity index (χ3v) is 5.63. The monoisotopic (exact) mass is 441 g/mol. The van der Waals surface area contributed by atoms with Crippen LogP contribution in [0.2, 0.25) is 0 Å². The van der Waals surface area contributed by atoms with Crippen LogP contribution in [0.4, 0.5) is 0 Å². The number of carbonyl (C=O) groups is 4. The summed E-state index contributed by atoms with van der Waals surface area (Å²) in [5, 5.41) is 18.8. The number of aromatic nitrogens is 1. The average molecular weight is 441 g/mol. The Morgan fingerprint density at radius 2 is 1.39 bits per heavy atom. The molecule has 2 amide bonds. The third kappa shape index (κ3) is 3.73. The Bertz CT molecular complexity index is 1150. The summed E-state index contributed by atoms with van der Waals surface area (Å²) in [6.45, 7) is 3.48. The maximum atomic E-state index is 12.6. The van der Waals surface area contributed by atoms with Crippen LogP contribution in [0.3, 0.4) is 0 Å². The number of nitrogens with zero attached hydrogens (tertiary/aromatic N) is 3. The molecule has 1 aromatic carbocycles. The summed E-state index contributed by atoms with van der Waals surface area (Å²) >= 11 is 5.09. The fraction of sp³-hybridized carbons (Fsp3) is 0.190. The van der Waals surface area contributed by atoms with E-state index in [1.165, 1.54) is 42.1 Å². The lowest BCUT2D eigenvalue weighted by Gasteiger charge is -2.31. The van der Waals surface area contributed by atoms with Crippen LogP contribution in [-0.2, 0) is 9.59 Å². The van der Waals surface area contributed by atoms with Crippen molar-refractivity contribution in [3.05, 3.63) is 57.9 Å². The summed E-state index contributed by atoms with van der Waals surface area (Å²) in [5.41, 5.74) is 1.76. The largest absolute Gasteiger partial charge is 0.478 e. The van der Waals surface area contributed by atoms with Crippen LogP contribution in [-0.4, -0.2) is 67.5 Å². The van der Waals surface area contributed by atoms with Crippen molar-refractivity contribution in [1.29, 1.82) is 0 Å². The van der Waals surface area contributed by atoms with Crippen LogP contribution in [0.25, 0.3) is 11.8 Å². The predicted molar refractivity (Wildman–Crippen MR) is 115 cm³/mol. The number of carboxylic acid groups (broad SMARTS) is 2. The Kier molecular flexibility index (Phi) is 5.51. The topological polar surface area (TPSA) is 120 Å². The molecule has 31 heavy (non-hydrogen) atoms. The maximum Gasteiger partial charge on any atom is 0.335 e. The van der Waals surface area contributed by atoms with E-state index in [1.54, 1.807) is 24.5 Å². The quantitative estimate of drug-likeness (QED) is 0.423. The number of amides is 2. The lowest BCUT2D eigenvalue weighted by molar-refractivity contribution is -0.132. The van der Waals surface area contributed by atoms with Crippen LogP contribution in [0, 0.1) is 13.8 Å². The zero-order valence-corrected chi connectivity index (χ0v) is 18.0. The van der Waals surface area contributed by atoms with Crippen molar-refractivity contribution in [1.82, 2.24) is 14.4 Å². The number of benzene rings is 1. The maximum absolute atomic E-state index is 12.6.